The first kappa shape index (κ1) is 16.7. The van der Waals surface area contributed by atoms with Gasteiger partial charge in [0.2, 0.25) is 0 Å². The van der Waals surface area contributed by atoms with E-state index in [4.69, 9.17) is 4.74 Å². The standard InChI is InChI=1S/C19H19BrN2O2/c20-16-3-1-15(2-4-16)19(23)9-10-21-17-5-7-18(8-6-17)22-11-13-24-14-12-22/h1-10,21H,11-14H2. The van der Waals surface area contributed by atoms with Crippen molar-refractivity contribution in [3.8, 4) is 0 Å². The molecule has 0 radical (unpaired) electrons. The van der Waals surface area contributed by atoms with Crippen molar-refractivity contribution in [3.63, 3.8) is 0 Å². The third-order valence-electron chi connectivity index (χ3n) is 3.86. The molecule has 124 valence electrons. The van der Waals surface area contributed by atoms with Gasteiger partial charge in [0.05, 0.1) is 13.2 Å². The Bertz CT molecular complexity index is 705. The maximum Gasteiger partial charge on any atom is 0.187 e. The van der Waals surface area contributed by atoms with Crippen LogP contribution in [0.5, 0.6) is 0 Å². The lowest BCUT2D eigenvalue weighted by Gasteiger charge is -2.28. The molecule has 2 aromatic carbocycles. The minimum Gasteiger partial charge on any atom is -0.378 e. The molecule has 2 aromatic rings. The molecular formula is C19H19BrN2O2. The van der Waals surface area contributed by atoms with Crippen molar-refractivity contribution in [3.05, 3.63) is 70.8 Å². The fraction of sp³-hybridized carbons (Fsp3) is 0.211. The number of carbonyl (C=O) groups excluding carboxylic acids is 1. The van der Waals surface area contributed by atoms with Crippen LogP contribution in [0.25, 0.3) is 0 Å². The third-order valence-corrected chi connectivity index (χ3v) is 4.39. The normalized spacial score (nSPS) is 14.8. The molecule has 0 unspecified atom stereocenters. The molecule has 1 aliphatic heterocycles. The zero-order chi connectivity index (χ0) is 16.8. The number of anilines is 2. The summed E-state index contributed by atoms with van der Waals surface area (Å²) < 4.78 is 6.33. The van der Waals surface area contributed by atoms with Crippen LogP contribution in [0.2, 0.25) is 0 Å². The van der Waals surface area contributed by atoms with Crippen LogP contribution in [0.3, 0.4) is 0 Å². The van der Waals surface area contributed by atoms with Crippen LogP contribution in [0.15, 0.2) is 65.3 Å². The minimum absolute atomic E-state index is 0.0278. The van der Waals surface area contributed by atoms with Gasteiger partial charge in [0.1, 0.15) is 0 Å². The van der Waals surface area contributed by atoms with Crippen LogP contribution in [0.1, 0.15) is 10.4 Å². The zero-order valence-electron chi connectivity index (χ0n) is 13.2. The Morgan fingerprint density at radius 2 is 1.71 bits per heavy atom. The summed E-state index contributed by atoms with van der Waals surface area (Å²) in [6.45, 7) is 3.41. The van der Waals surface area contributed by atoms with E-state index in [2.05, 4.69) is 38.3 Å². The van der Waals surface area contributed by atoms with Crippen molar-refractivity contribution < 1.29 is 9.53 Å². The largest absolute Gasteiger partial charge is 0.378 e. The van der Waals surface area contributed by atoms with Gasteiger partial charge in [-0.25, -0.2) is 0 Å². The predicted molar refractivity (Wildman–Crippen MR) is 101 cm³/mol. The van der Waals surface area contributed by atoms with Crippen LogP contribution in [-0.4, -0.2) is 32.1 Å². The van der Waals surface area contributed by atoms with E-state index in [0.29, 0.717) is 5.56 Å². The number of nitrogens with one attached hydrogen (secondary N) is 1. The van der Waals surface area contributed by atoms with Gasteiger partial charge >= 0.3 is 0 Å². The number of halogens is 1. The molecule has 1 heterocycles. The molecule has 1 aliphatic rings. The van der Waals surface area contributed by atoms with E-state index >= 15 is 0 Å². The molecule has 0 aliphatic carbocycles. The quantitative estimate of drug-likeness (QED) is 0.620. The summed E-state index contributed by atoms with van der Waals surface area (Å²) in [7, 11) is 0. The van der Waals surface area contributed by atoms with E-state index in [1.54, 1.807) is 24.4 Å². The monoisotopic (exact) mass is 386 g/mol. The Kier molecular flexibility index (Phi) is 5.67. The average molecular weight is 387 g/mol. The van der Waals surface area contributed by atoms with Gasteiger partial charge in [-0.3, -0.25) is 4.79 Å². The second-order valence-electron chi connectivity index (χ2n) is 5.50. The Morgan fingerprint density at radius 1 is 1.04 bits per heavy atom. The maximum atomic E-state index is 12.0. The van der Waals surface area contributed by atoms with Gasteiger partial charge in [0.25, 0.3) is 0 Å². The lowest BCUT2D eigenvalue weighted by Crippen LogP contribution is -2.36. The minimum atomic E-state index is -0.0278. The van der Waals surface area contributed by atoms with E-state index in [0.717, 1.165) is 36.5 Å². The molecule has 3 rings (SSSR count). The lowest BCUT2D eigenvalue weighted by molar-refractivity contribution is 0.104. The Morgan fingerprint density at radius 3 is 2.38 bits per heavy atom. The molecule has 1 N–H and O–H groups in total. The van der Waals surface area contributed by atoms with Gasteiger partial charge in [-0.2, -0.15) is 0 Å². The van der Waals surface area contributed by atoms with Crippen molar-refractivity contribution in [1.29, 1.82) is 0 Å². The molecule has 1 fully saturated rings. The van der Waals surface area contributed by atoms with Gasteiger partial charge in [-0.05, 0) is 48.5 Å². The highest BCUT2D eigenvalue weighted by molar-refractivity contribution is 9.10. The summed E-state index contributed by atoms with van der Waals surface area (Å²) in [6, 6.07) is 15.5. The number of allylic oxidation sites excluding steroid dienone is 1. The molecule has 0 bridgehead atoms. The van der Waals surface area contributed by atoms with E-state index in [-0.39, 0.29) is 5.78 Å². The summed E-state index contributed by atoms with van der Waals surface area (Å²) in [5.74, 6) is -0.0278. The Hall–Kier alpha value is -2.11. The molecule has 0 saturated carbocycles. The van der Waals surface area contributed by atoms with Gasteiger partial charge in [0, 0.05) is 46.8 Å². The maximum absolute atomic E-state index is 12.0. The van der Waals surface area contributed by atoms with Crippen LogP contribution >= 0.6 is 15.9 Å². The molecule has 0 amide bonds. The summed E-state index contributed by atoms with van der Waals surface area (Å²) in [6.07, 6.45) is 3.22. The van der Waals surface area contributed by atoms with E-state index in [9.17, 15) is 4.79 Å². The van der Waals surface area contributed by atoms with Crippen molar-refractivity contribution in [1.82, 2.24) is 0 Å². The summed E-state index contributed by atoms with van der Waals surface area (Å²) in [5, 5.41) is 3.13. The Balaban J connectivity index is 1.56. The predicted octanol–water partition coefficient (Wildman–Crippen LogP) is 4.09. The lowest BCUT2D eigenvalue weighted by atomic mass is 10.1. The van der Waals surface area contributed by atoms with Gasteiger partial charge < -0.3 is 15.0 Å². The Labute approximate surface area is 150 Å². The second kappa shape index (κ2) is 8.13. The number of carbonyl (C=O) groups is 1. The number of nitrogens with zero attached hydrogens (tertiary/aromatic N) is 1. The van der Waals surface area contributed by atoms with Gasteiger partial charge in [-0.1, -0.05) is 15.9 Å². The highest BCUT2D eigenvalue weighted by Gasteiger charge is 2.10. The van der Waals surface area contributed by atoms with E-state index in [1.165, 1.54) is 5.69 Å². The summed E-state index contributed by atoms with van der Waals surface area (Å²) in [5.41, 5.74) is 2.81. The van der Waals surface area contributed by atoms with Crippen molar-refractivity contribution in [2.45, 2.75) is 0 Å². The molecule has 5 heteroatoms. The number of hydrogen-bond acceptors (Lipinski definition) is 4. The summed E-state index contributed by atoms with van der Waals surface area (Å²) >= 11 is 3.36. The van der Waals surface area contributed by atoms with E-state index in [1.807, 2.05) is 24.3 Å². The fourth-order valence-corrected chi connectivity index (χ4v) is 2.78. The topological polar surface area (TPSA) is 41.6 Å². The van der Waals surface area contributed by atoms with Gasteiger partial charge in [0.15, 0.2) is 5.78 Å². The molecule has 4 nitrogen and oxygen atoms in total. The van der Waals surface area contributed by atoms with Crippen molar-refractivity contribution in [2.24, 2.45) is 0 Å². The molecule has 0 atom stereocenters. The number of benzene rings is 2. The molecular weight excluding hydrogens is 368 g/mol. The number of rotatable bonds is 5. The number of ether oxygens (including phenoxy) is 1. The molecule has 1 saturated heterocycles. The van der Waals surface area contributed by atoms with E-state index < -0.39 is 0 Å². The zero-order valence-corrected chi connectivity index (χ0v) is 14.8. The SMILES string of the molecule is O=C(C=CNc1ccc(N2CCOCC2)cc1)c1ccc(Br)cc1. The highest BCUT2D eigenvalue weighted by Crippen LogP contribution is 2.19. The molecule has 0 spiro atoms. The average Bonchev–Trinajstić information content (AvgIpc) is 2.63. The second-order valence-corrected chi connectivity index (χ2v) is 6.41. The summed E-state index contributed by atoms with van der Waals surface area (Å²) in [4.78, 5) is 14.4. The molecule has 24 heavy (non-hydrogen) atoms. The fourth-order valence-electron chi connectivity index (χ4n) is 2.51. The number of morpholine rings is 1. The number of ketones is 1. The molecule has 0 aromatic heterocycles. The van der Waals surface area contributed by atoms with Crippen molar-refractivity contribution in [2.75, 3.05) is 36.5 Å². The van der Waals surface area contributed by atoms with Crippen LogP contribution in [0.4, 0.5) is 11.4 Å². The van der Waals surface area contributed by atoms with Gasteiger partial charge in [-0.15, -0.1) is 0 Å². The highest BCUT2D eigenvalue weighted by atomic mass is 79.9. The first-order valence-corrected chi connectivity index (χ1v) is 8.67. The van der Waals surface area contributed by atoms with Crippen LogP contribution in [0, 0.1) is 0 Å². The first-order valence-electron chi connectivity index (χ1n) is 7.88. The third kappa shape index (κ3) is 4.46. The smallest absolute Gasteiger partial charge is 0.187 e. The van der Waals surface area contributed by atoms with Crippen molar-refractivity contribution >= 4 is 33.1 Å². The first-order chi connectivity index (χ1) is 11.7. The van der Waals surface area contributed by atoms with Crippen LogP contribution < -0.4 is 10.2 Å². The van der Waals surface area contributed by atoms with Crippen LogP contribution in [-0.2, 0) is 4.74 Å². The number of hydrogen-bond donors (Lipinski definition) is 1.